The lowest BCUT2D eigenvalue weighted by molar-refractivity contribution is -0.870. The standard InChI is InChI=1S/C74H119NO8/c1-6-8-10-12-14-16-18-20-22-24-26-28-30-32-34-35-36-37-39-41-43-45-47-49-51-53-55-57-59-61-63-65-72(77)83-70(69-82-74(73(78)79)80-67-66-75(3,4)5)68-81-71(76)64-62-60-58-56-54-52-50-48-46-44-42-40-38-33-31-29-27-25-23-21-19-17-15-13-11-9-7-2/h8-11,14-17,20-23,26-29,32-34,36-38,41,43,47,49,70,74H,6-7,12-13,18-19,24-25,30-31,35,39-40,42,44-46,48,50-69H2,1-5H3/b10-8-,11-9-,16-14-,17-15-,22-20-,23-21-,28-26-,29-27-,34-32-,37-36-,38-33-,43-41-,49-47-. The van der Waals surface area contributed by atoms with E-state index in [1.165, 1.54) is 44.9 Å². The van der Waals surface area contributed by atoms with Crippen LogP contribution >= 0.6 is 0 Å². The zero-order valence-corrected chi connectivity index (χ0v) is 53.2. The molecule has 0 aromatic heterocycles. The maximum Gasteiger partial charge on any atom is 0.306 e. The highest BCUT2D eigenvalue weighted by Crippen LogP contribution is 2.15. The molecule has 0 N–H and O–H groups in total. The van der Waals surface area contributed by atoms with Gasteiger partial charge >= 0.3 is 11.9 Å². The molecule has 2 unspecified atom stereocenters. The fourth-order valence-corrected chi connectivity index (χ4v) is 8.34. The average Bonchev–Trinajstić information content (AvgIpc) is 3.46. The number of allylic oxidation sites excluding steroid dienone is 26. The zero-order chi connectivity index (χ0) is 60.5. The highest BCUT2D eigenvalue weighted by molar-refractivity contribution is 5.70. The van der Waals surface area contributed by atoms with Gasteiger partial charge in [0.2, 0.25) is 0 Å². The van der Waals surface area contributed by atoms with Gasteiger partial charge in [-0.05, 0) is 122 Å². The van der Waals surface area contributed by atoms with Crippen molar-refractivity contribution in [1.82, 2.24) is 0 Å². The quantitative estimate of drug-likeness (QED) is 0.0195. The molecular formula is C74H119NO8. The minimum atomic E-state index is -1.64. The number of hydrogen-bond donors (Lipinski definition) is 0. The summed E-state index contributed by atoms with van der Waals surface area (Å²) in [6, 6.07) is 0. The van der Waals surface area contributed by atoms with Crippen LogP contribution in [-0.2, 0) is 33.3 Å². The molecule has 0 rings (SSSR count). The van der Waals surface area contributed by atoms with Gasteiger partial charge in [-0.1, -0.05) is 255 Å². The van der Waals surface area contributed by atoms with Gasteiger partial charge in [-0.15, -0.1) is 0 Å². The number of esters is 2. The van der Waals surface area contributed by atoms with Crippen LogP contribution in [0.25, 0.3) is 0 Å². The first-order chi connectivity index (χ1) is 40.6. The van der Waals surface area contributed by atoms with E-state index in [1.807, 2.05) is 21.1 Å². The van der Waals surface area contributed by atoms with E-state index < -0.39 is 24.3 Å². The number of quaternary nitrogens is 1. The molecule has 83 heavy (non-hydrogen) atoms. The smallest absolute Gasteiger partial charge is 0.306 e. The van der Waals surface area contributed by atoms with Crippen molar-refractivity contribution in [3.63, 3.8) is 0 Å². The van der Waals surface area contributed by atoms with Crippen molar-refractivity contribution in [2.24, 2.45) is 0 Å². The van der Waals surface area contributed by atoms with Crippen molar-refractivity contribution in [2.75, 3.05) is 47.5 Å². The van der Waals surface area contributed by atoms with E-state index in [-0.39, 0.29) is 38.6 Å². The third-order valence-corrected chi connectivity index (χ3v) is 13.3. The van der Waals surface area contributed by atoms with Gasteiger partial charge < -0.3 is 33.3 Å². The fourth-order valence-electron chi connectivity index (χ4n) is 8.34. The van der Waals surface area contributed by atoms with Crippen molar-refractivity contribution in [3.05, 3.63) is 158 Å². The van der Waals surface area contributed by atoms with Crippen molar-refractivity contribution < 1.29 is 42.9 Å². The molecule has 9 nitrogen and oxygen atoms in total. The summed E-state index contributed by atoms with van der Waals surface area (Å²) >= 11 is 0. The number of carbonyl (C=O) groups is 3. The Bertz CT molecular complexity index is 1920. The summed E-state index contributed by atoms with van der Waals surface area (Å²) < 4.78 is 22.7. The Labute approximate surface area is 508 Å². The molecular weight excluding hydrogens is 1030 g/mol. The van der Waals surface area contributed by atoms with Crippen LogP contribution in [0.3, 0.4) is 0 Å². The van der Waals surface area contributed by atoms with Gasteiger partial charge in [-0.2, -0.15) is 0 Å². The van der Waals surface area contributed by atoms with Crippen LogP contribution in [0.15, 0.2) is 158 Å². The van der Waals surface area contributed by atoms with Crippen molar-refractivity contribution in [2.45, 2.75) is 245 Å². The molecule has 0 radical (unpaired) electrons. The van der Waals surface area contributed by atoms with Gasteiger partial charge in [-0.25, -0.2) is 0 Å². The third kappa shape index (κ3) is 64.3. The van der Waals surface area contributed by atoms with Gasteiger partial charge in [0.25, 0.3) is 0 Å². The number of aliphatic carboxylic acids is 1. The topological polar surface area (TPSA) is 111 Å². The number of carboxylic acid groups (broad SMARTS) is 1. The zero-order valence-electron chi connectivity index (χ0n) is 53.2. The van der Waals surface area contributed by atoms with E-state index >= 15 is 0 Å². The van der Waals surface area contributed by atoms with E-state index in [4.69, 9.17) is 18.9 Å². The SMILES string of the molecule is CC/C=C\C/C=C\C/C=C\C/C=C\C/C=C\C/C=C\C/C=C\C/C=C\CCCCCCCCC(=O)OC(COC(=O)CCCCCCCCCCCCC/C=C\C/C=C\C/C=C\C/C=C\C/C=C\CC)COC(OCC[N+](C)(C)C)C(=O)[O-]. The predicted molar refractivity (Wildman–Crippen MR) is 352 cm³/mol. The Morgan fingerprint density at radius 2 is 0.651 bits per heavy atom. The van der Waals surface area contributed by atoms with Gasteiger partial charge in [0.05, 0.1) is 40.3 Å². The molecule has 468 valence electrons. The van der Waals surface area contributed by atoms with E-state index in [2.05, 4.69) is 172 Å². The van der Waals surface area contributed by atoms with E-state index in [0.717, 1.165) is 154 Å². The van der Waals surface area contributed by atoms with Crippen molar-refractivity contribution >= 4 is 17.9 Å². The van der Waals surface area contributed by atoms with Crippen LogP contribution < -0.4 is 5.11 Å². The Morgan fingerprint density at radius 1 is 0.361 bits per heavy atom. The normalized spacial score (nSPS) is 13.8. The molecule has 0 aromatic carbocycles. The number of ether oxygens (including phenoxy) is 4. The minimum Gasteiger partial charge on any atom is -0.545 e. The molecule has 0 bridgehead atoms. The lowest BCUT2D eigenvalue weighted by atomic mass is 10.0. The molecule has 2 atom stereocenters. The number of likely N-dealkylation sites (N-methyl/N-ethyl adjacent to an activating group) is 1. The molecule has 0 aromatic rings. The summed E-state index contributed by atoms with van der Waals surface area (Å²) in [5.74, 6) is -2.32. The molecule has 0 aliphatic carbocycles. The highest BCUT2D eigenvalue weighted by atomic mass is 16.7. The number of rotatable bonds is 58. The lowest BCUT2D eigenvalue weighted by Gasteiger charge is -2.26. The first-order valence-electron chi connectivity index (χ1n) is 32.6. The summed E-state index contributed by atoms with van der Waals surface area (Å²) in [6.07, 6.45) is 90.1. The maximum atomic E-state index is 12.9. The van der Waals surface area contributed by atoms with Gasteiger partial charge in [0.15, 0.2) is 12.4 Å². The van der Waals surface area contributed by atoms with Crippen LogP contribution in [-0.4, -0.2) is 82.3 Å². The minimum absolute atomic E-state index is 0.135. The van der Waals surface area contributed by atoms with Crippen molar-refractivity contribution in [1.29, 1.82) is 0 Å². The first-order valence-corrected chi connectivity index (χ1v) is 32.6. The van der Waals surface area contributed by atoms with Crippen LogP contribution in [0.4, 0.5) is 0 Å². The van der Waals surface area contributed by atoms with Crippen molar-refractivity contribution in [3.8, 4) is 0 Å². The average molecular weight is 1150 g/mol. The number of carbonyl (C=O) groups excluding carboxylic acids is 3. The fraction of sp³-hybridized carbons (Fsp3) is 0.608. The van der Waals surface area contributed by atoms with Gasteiger partial charge in [0.1, 0.15) is 13.2 Å². The van der Waals surface area contributed by atoms with Crippen LogP contribution in [0.5, 0.6) is 0 Å². The first kappa shape index (κ1) is 77.9. The van der Waals surface area contributed by atoms with Crippen LogP contribution in [0, 0.1) is 0 Å². The monoisotopic (exact) mass is 1150 g/mol. The molecule has 0 aliphatic heterocycles. The Hall–Kier alpha value is -5.09. The molecule has 9 heteroatoms. The molecule has 0 fully saturated rings. The second kappa shape index (κ2) is 62.9. The number of hydrogen-bond acceptors (Lipinski definition) is 8. The lowest BCUT2D eigenvalue weighted by Crippen LogP contribution is -2.44. The predicted octanol–water partition coefficient (Wildman–Crippen LogP) is 18.8. The number of carboxylic acids is 1. The molecule has 0 heterocycles. The Kier molecular flexibility index (Phi) is 59.1. The third-order valence-electron chi connectivity index (χ3n) is 13.3. The summed E-state index contributed by atoms with van der Waals surface area (Å²) in [7, 11) is 5.91. The Balaban J connectivity index is 4.27. The van der Waals surface area contributed by atoms with E-state index in [9.17, 15) is 19.5 Å². The number of nitrogens with zero attached hydrogens (tertiary/aromatic N) is 1. The van der Waals surface area contributed by atoms with Crippen LogP contribution in [0.1, 0.15) is 232 Å². The van der Waals surface area contributed by atoms with Gasteiger partial charge in [-0.3, -0.25) is 9.59 Å². The maximum absolute atomic E-state index is 12.9. The molecule has 0 saturated heterocycles. The van der Waals surface area contributed by atoms with Crippen LogP contribution in [0.2, 0.25) is 0 Å². The number of unbranched alkanes of at least 4 members (excludes halogenated alkanes) is 17. The second-order valence-corrected chi connectivity index (χ2v) is 22.3. The molecule has 0 spiro atoms. The summed E-state index contributed by atoms with van der Waals surface area (Å²) in [5.41, 5.74) is 0. The largest absolute Gasteiger partial charge is 0.545 e. The second-order valence-electron chi connectivity index (χ2n) is 22.3. The Morgan fingerprint density at radius 3 is 0.964 bits per heavy atom. The summed E-state index contributed by atoms with van der Waals surface area (Å²) in [5, 5.41) is 11.8. The van der Waals surface area contributed by atoms with E-state index in [0.29, 0.717) is 17.4 Å². The summed E-state index contributed by atoms with van der Waals surface area (Å²) in [6.45, 7) is 4.48. The molecule has 0 aliphatic rings. The summed E-state index contributed by atoms with van der Waals surface area (Å²) in [4.78, 5) is 37.4. The highest BCUT2D eigenvalue weighted by Gasteiger charge is 2.22. The molecule has 0 saturated carbocycles. The van der Waals surface area contributed by atoms with Gasteiger partial charge in [0, 0.05) is 12.8 Å². The van der Waals surface area contributed by atoms with E-state index in [1.54, 1.807) is 0 Å². The molecule has 0 amide bonds.